The molecule has 21 heavy (non-hydrogen) atoms. The van der Waals surface area contributed by atoms with Gasteiger partial charge in [-0.2, -0.15) is 0 Å². The van der Waals surface area contributed by atoms with Crippen molar-refractivity contribution in [3.05, 3.63) is 46.3 Å². The highest BCUT2D eigenvalue weighted by Gasteiger charge is 2.07. The highest BCUT2D eigenvalue weighted by atomic mass is 35.5. The average molecular weight is 325 g/mol. The number of carbonyl (C=O) groups excluding carboxylic acids is 1. The molecule has 0 saturated carbocycles. The Bertz CT molecular complexity index is 649. The second-order valence-corrected chi connectivity index (χ2v) is 5.24. The predicted octanol–water partition coefficient (Wildman–Crippen LogP) is 3.53. The lowest BCUT2D eigenvalue weighted by Crippen LogP contribution is -2.17. The van der Waals surface area contributed by atoms with Crippen LogP contribution >= 0.6 is 23.2 Å². The van der Waals surface area contributed by atoms with Crippen LogP contribution in [0.25, 0.3) is 0 Å². The molecule has 0 aliphatic rings. The molecule has 1 heterocycles. The highest BCUT2D eigenvalue weighted by molar-refractivity contribution is 6.33. The topological polar surface area (TPSA) is 66.9 Å². The minimum atomic E-state index is -0.140. The van der Waals surface area contributed by atoms with Gasteiger partial charge in [-0.05, 0) is 24.6 Å². The Kier molecular flexibility index (Phi) is 5.36. The Hall–Kier alpha value is -1.85. The summed E-state index contributed by atoms with van der Waals surface area (Å²) in [5, 5.41) is 6.68. The van der Waals surface area contributed by atoms with Crippen LogP contribution in [0.15, 0.2) is 30.7 Å². The van der Waals surface area contributed by atoms with E-state index in [1.807, 2.05) is 13.0 Å². The number of amides is 1. The van der Waals surface area contributed by atoms with Gasteiger partial charge in [0.2, 0.25) is 5.91 Å². The fourth-order valence-corrected chi connectivity index (χ4v) is 2.13. The van der Waals surface area contributed by atoms with Crippen LogP contribution < -0.4 is 10.6 Å². The standard InChI is InChI=1S/C14H14Cl2N4O/c1-9-2-3-12(10(15)6-9)20-13(21)4-5-18-14-11(16)7-17-8-19-14/h2-3,6-8H,4-5H2,1H3,(H,20,21)(H,17,18,19). The molecule has 0 bridgehead atoms. The molecular formula is C14H14Cl2N4O. The molecule has 7 heteroatoms. The molecule has 0 saturated heterocycles. The van der Waals surface area contributed by atoms with Gasteiger partial charge in [-0.25, -0.2) is 9.97 Å². The van der Waals surface area contributed by atoms with Crippen LogP contribution in [0.5, 0.6) is 0 Å². The van der Waals surface area contributed by atoms with Crippen molar-refractivity contribution >= 4 is 40.6 Å². The summed E-state index contributed by atoms with van der Waals surface area (Å²) in [6.45, 7) is 2.35. The number of hydrogen-bond acceptors (Lipinski definition) is 4. The largest absolute Gasteiger partial charge is 0.368 e. The van der Waals surface area contributed by atoms with E-state index in [2.05, 4.69) is 20.6 Å². The summed E-state index contributed by atoms with van der Waals surface area (Å²) in [5.74, 6) is 0.367. The Labute approximate surface area is 132 Å². The van der Waals surface area contributed by atoms with Gasteiger partial charge in [-0.3, -0.25) is 4.79 Å². The lowest BCUT2D eigenvalue weighted by molar-refractivity contribution is -0.115. The zero-order valence-corrected chi connectivity index (χ0v) is 12.9. The minimum absolute atomic E-state index is 0.140. The molecule has 0 radical (unpaired) electrons. The first kappa shape index (κ1) is 15.5. The molecule has 2 rings (SSSR count). The van der Waals surface area contributed by atoms with E-state index in [0.29, 0.717) is 28.1 Å². The van der Waals surface area contributed by atoms with Crippen molar-refractivity contribution in [1.82, 2.24) is 9.97 Å². The summed E-state index contributed by atoms with van der Waals surface area (Å²) in [6, 6.07) is 5.47. The van der Waals surface area contributed by atoms with Crippen LogP contribution in [0.1, 0.15) is 12.0 Å². The van der Waals surface area contributed by atoms with Gasteiger partial charge in [0.25, 0.3) is 0 Å². The van der Waals surface area contributed by atoms with Gasteiger partial charge in [0, 0.05) is 13.0 Å². The number of rotatable bonds is 5. The summed E-state index contributed by atoms with van der Waals surface area (Å²) in [4.78, 5) is 19.6. The molecule has 2 N–H and O–H groups in total. The summed E-state index contributed by atoms with van der Waals surface area (Å²) >= 11 is 12.0. The van der Waals surface area contributed by atoms with Crippen LogP contribution in [-0.4, -0.2) is 22.4 Å². The molecule has 0 atom stereocenters. The van der Waals surface area contributed by atoms with Crippen LogP contribution in [0.2, 0.25) is 10.0 Å². The Balaban J connectivity index is 1.84. The number of benzene rings is 1. The molecule has 0 aliphatic heterocycles. The number of halogens is 2. The quantitative estimate of drug-likeness (QED) is 0.882. The van der Waals surface area contributed by atoms with Crippen molar-refractivity contribution in [1.29, 1.82) is 0 Å². The molecular weight excluding hydrogens is 311 g/mol. The van der Waals surface area contributed by atoms with Crippen molar-refractivity contribution in [3.63, 3.8) is 0 Å². The van der Waals surface area contributed by atoms with Gasteiger partial charge in [0.05, 0.1) is 16.9 Å². The van der Waals surface area contributed by atoms with Crippen molar-refractivity contribution < 1.29 is 4.79 Å². The molecule has 1 aromatic carbocycles. The Morgan fingerprint density at radius 1 is 1.29 bits per heavy atom. The average Bonchev–Trinajstić information content (AvgIpc) is 2.44. The fraction of sp³-hybridized carbons (Fsp3) is 0.214. The first-order chi connectivity index (χ1) is 10.1. The van der Waals surface area contributed by atoms with Gasteiger partial charge in [-0.15, -0.1) is 0 Å². The van der Waals surface area contributed by atoms with Gasteiger partial charge in [0.15, 0.2) is 0 Å². The normalized spacial score (nSPS) is 10.2. The summed E-state index contributed by atoms with van der Waals surface area (Å²) in [7, 11) is 0. The molecule has 0 fully saturated rings. The van der Waals surface area contributed by atoms with E-state index in [1.165, 1.54) is 12.5 Å². The maximum Gasteiger partial charge on any atom is 0.226 e. The van der Waals surface area contributed by atoms with Crippen molar-refractivity contribution in [2.75, 3.05) is 17.2 Å². The zero-order valence-electron chi connectivity index (χ0n) is 11.4. The molecule has 5 nitrogen and oxygen atoms in total. The molecule has 2 aromatic rings. The van der Waals surface area contributed by atoms with E-state index < -0.39 is 0 Å². The van der Waals surface area contributed by atoms with Crippen LogP contribution in [-0.2, 0) is 4.79 Å². The van der Waals surface area contributed by atoms with Gasteiger partial charge in [-0.1, -0.05) is 29.3 Å². The van der Waals surface area contributed by atoms with E-state index in [-0.39, 0.29) is 12.3 Å². The number of nitrogens with one attached hydrogen (secondary N) is 2. The second-order valence-electron chi connectivity index (χ2n) is 4.43. The molecule has 0 spiro atoms. The summed E-state index contributed by atoms with van der Waals surface area (Å²) in [6.07, 6.45) is 3.15. The maximum atomic E-state index is 11.8. The Morgan fingerprint density at radius 3 is 2.81 bits per heavy atom. The number of hydrogen-bond donors (Lipinski definition) is 2. The van der Waals surface area contributed by atoms with Crippen LogP contribution in [0, 0.1) is 6.92 Å². The summed E-state index contributed by atoms with van der Waals surface area (Å²) in [5.41, 5.74) is 1.64. The van der Waals surface area contributed by atoms with Crippen LogP contribution in [0.4, 0.5) is 11.5 Å². The second kappa shape index (κ2) is 7.24. The van der Waals surface area contributed by atoms with E-state index in [0.717, 1.165) is 5.56 Å². The SMILES string of the molecule is Cc1ccc(NC(=O)CCNc2ncncc2Cl)c(Cl)c1. The number of carbonyl (C=O) groups is 1. The van der Waals surface area contributed by atoms with Crippen molar-refractivity contribution in [2.24, 2.45) is 0 Å². The molecule has 1 aromatic heterocycles. The Morgan fingerprint density at radius 2 is 2.10 bits per heavy atom. The minimum Gasteiger partial charge on any atom is -0.368 e. The molecule has 110 valence electrons. The smallest absolute Gasteiger partial charge is 0.226 e. The third kappa shape index (κ3) is 4.58. The van der Waals surface area contributed by atoms with E-state index >= 15 is 0 Å². The van der Waals surface area contributed by atoms with E-state index in [9.17, 15) is 4.79 Å². The van der Waals surface area contributed by atoms with Gasteiger partial charge < -0.3 is 10.6 Å². The molecule has 1 amide bonds. The van der Waals surface area contributed by atoms with Gasteiger partial charge >= 0.3 is 0 Å². The van der Waals surface area contributed by atoms with E-state index in [1.54, 1.807) is 12.1 Å². The third-order valence-corrected chi connectivity index (χ3v) is 3.30. The zero-order chi connectivity index (χ0) is 15.2. The van der Waals surface area contributed by atoms with Gasteiger partial charge in [0.1, 0.15) is 17.2 Å². The van der Waals surface area contributed by atoms with Crippen molar-refractivity contribution in [2.45, 2.75) is 13.3 Å². The molecule has 0 unspecified atom stereocenters. The fourth-order valence-electron chi connectivity index (χ4n) is 1.67. The first-order valence-corrected chi connectivity index (χ1v) is 7.07. The number of aryl methyl sites for hydroxylation is 1. The molecule has 0 aliphatic carbocycles. The highest BCUT2D eigenvalue weighted by Crippen LogP contribution is 2.22. The maximum absolute atomic E-state index is 11.8. The van der Waals surface area contributed by atoms with E-state index in [4.69, 9.17) is 23.2 Å². The monoisotopic (exact) mass is 324 g/mol. The third-order valence-electron chi connectivity index (χ3n) is 2.71. The summed E-state index contributed by atoms with van der Waals surface area (Å²) < 4.78 is 0. The lowest BCUT2D eigenvalue weighted by atomic mass is 10.2. The number of nitrogens with zero attached hydrogens (tertiary/aromatic N) is 2. The number of anilines is 2. The van der Waals surface area contributed by atoms with Crippen molar-refractivity contribution in [3.8, 4) is 0 Å². The number of aromatic nitrogens is 2. The lowest BCUT2D eigenvalue weighted by Gasteiger charge is -2.09. The predicted molar refractivity (Wildman–Crippen MR) is 85.0 cm³/mol. The first-order valence-electron chi connectivity index (χ1n) is 6.31. The van der Waals surface area contributed by atoms with Crippen LogP contribution in [0.3, 0.4) is 0 Å².